The zero-order valence-electron chi connectivity index (χ0n) is 21.4. The number of hydrogen-bond donors (Lipinski definition) is 1. The molecule has 1 aliphatic rings. The molecule has 0 radical (unpaired) electrons. The second-order valence-corrected chi connectivity index (χ2v) is 9.68. The van der Waals surface area contributed by atoms with Crippen LogP contribution in [0.5, 0.6) is 5.75 Å². The van der Waals surface area contributed by atoms with Crippen LogP contribution >= 0.6 is 0 Å². The first-order chi connectivity index (χ1) is 17.3. The van der Waals surface area contributed by atoms with Crippen molar-refractivity contribution in [1.29, 1.82) is 0 Å². The second-order valence-electron chi connectivity index (χ2n) is 9.68. The minimum Gasteiger partial charge on any atom is -0.489 e. The molecule has 0 spiro atoms. The van der Waals surface area contributed by atoms with Crippen LogP contribution in [0.15, 0.2) is 72.6 Å². The smallest absolute Gasteiger partial charge is 0.253 e. The van der Waals surface area contributed by atoms with Crippen molar-refractivity contribution in [3.8, 4) is 5.75 Å². The summed E-state index contributed by atoms with van der Waals surface area (Å²) in [4.78, 5) is 19.3. The Morgan fingerprint density at radius 2 is 1.56 bits per heavy atom. The van der Waals surface area contributed by atoms with Crippen LogP contribution in [0.1, 0.15) is 66.7 Å². The molecule has 1 amide bonds. The van der Waals surface area contributed by atoms with Gasteiger partial charge >= 0.3 is 0 Å². The summed E-state index contributed by atoms with van der Waals surface area (Å²) in [5.41, 5.74) is 6.17. The largest absolute Gasteiger partial charge is 0.489 e. The zero-order valence-corrected chi connectivity index (χ0v) is 21.4. The Morgan fingerprint density at radius 1 is 0.944 bits per heavy atom. The summed E-state index contributed by atoms with van der Waals surface area (Å²) in [6.45, 7) is 7.86. The van der Waals surface area contributed by atoms with Crippen LogP contribution in [0.2, 0.25) is 0 Å². The Labute approximate surface area is 213 Å². The Morgan fingerprint density at radius 3 is 2.17 bits per heavy atom. The van der Waals surface area contributed by atoms with Gasteiger partial charge in [-0.1, -0.05) is 42.0 Å². The van der Waals surface area contributed by atoms with E-state index in [1.165, 1.54) is 23.3 Å². The molecule has 4 rings (SSSR count). The molecule has 1 saturated heterocycles. The highest BCUT2D eigenvalue weighted by Gasteiger charge is 2.18. The van der Waals surface area contributed by atoms with Gasteiger partial charge in [-0.3, -0.25) is 9.78 Å². The number of amides is 1. The van der Waals surface area contributed by atoms with Gasteiger partial charge in [-0.25, -0.2) is 4.39 Å². The van der Waals surface area contributed by atoms with Crippen LogP contribution in [0.25, 0.3) is 5.57 Å². The molecule has 2 aromatic carbocycles. The molecule has 1 aliphatic heterocycles. The summed E-state index contributed by atoms with van der Waals surface area (Å²) in [6, 6.07) is 16.6. The molecule has 0 bridgehead atoms. The SMILES string of the molecule is CC(C)Oc1cncc(C(=O)N[C@H](C)c2ccc(C(=C3CCN(C)CC3)c3ccc(F)cc3)cc2)c1. The summed E-state index contributed by atoms with van der Waals surface area (Å²) in [5.74, 6) is 0.140. The molecule has 1 atom stereocenters. The van der Waals surface area contributed by atoms with E-state index in [0.29, 0.717) is 11.3 Å². The van der Waals surface area contributed by atoms with E-state index in [1.54, 1.807) is 18.5 Å². The van der Waals surface area contributed by atoms with Crippen molar-refractivity contribution in [2.45, 2.75) is 45.8 Å². The molecule has 1 aromatic heterocycles. The Kier molecular flexibility index (Phi) is 8.16. The fourth-order valence-corrected chi connectivity index (χ4v) is 4.51. The third-order valence-electron chi connectivity index (χ3n) is 6.47. The Balaban J connectivity index is 1.53. The standard InChI is InChI=1S/C30H34FN3O2/c1-20(2)36-28-17-26(18-32-19-28)30(35)33-21(3)22-5-7-23(8-6-22)29(24-9-11-27(31)12-10-24)25-13-15-34(4)16-14-25/h5-12,17-21H,13-16H2,1-4H3,(H,33,35)/t21-/m1/s1. The van der Waals surface area contributed by atoms with Gasteiger partial charge in [-0.05, 0) is 81.1 Å². The van der Waals surface area contributed by atoms with E-state index in [2.05, 4.69) is 46.5 Å². The molecule has 3 aromatic rings. The second kappa shape index (κ2) is 11.5. The van der Waals surface area contributed by atoms with Crippen molar-refractivity contribution in [2.75, 3.05) is 20.1 Å². The highest BCUT2D eigenvalue weighted by molar-refractivity contribution is 5.94. The number of nitrogens with zero attached hydrogens (tertiary/aromatic N) is 2. The monoisotopic (exact) mass is 487 g/mol. The first-order valence-electron chi connectivity index (χ1n) is 12.5. The number of benzene rings is 2. The quantitative estimate of drug-likeness (QED) is 0.442. The van der Waals surface area contributed by atoms with Crippen molar-refractivity contribution in [3.63, 3.8) is 0 Å². The van der Waals surface area contributed by atoms with Crippen LogP contribution in [0.3, 0.4) is 0 Å². The highest BCUT2D eigenvalue weighted by atomic mass is 19.1. The van der Waals surface area contributed by atoms with Gasteiger partial charge in [0.05, 0.1) is 23.9 Å². The summed E-state index contributed by atoms with van der Waals surface area (Å²) < 4.78 is 19.3. The normalized spacial score (nSPS) is 15.0. The number of aromatic nitrogens is 1. The maximum Gasteiger partial charge on any atom is 0.253 e. The minimum absolute atomic E-state index is 0.00633. The molecule has 0 unspecified atom stereocenters. The maximum absolute atomic E-state index is 13.6. The summed E-state index contributed by atoms with van der Waals surface area (Å²) in [6.07, 6.45) is 5.14. The lowest BCUT2D eigenvalue weighted by molar-refractivity contribution is 0.0938. The van der Waals surface area contributed by atoms with Crippen LogP contribution in [-0.4, -0.2) is 42.0 Å². The lowest BCUT2D eigenvalue weighted by Gasteiger charge is -2.27. The average molecular weight is 488 g/mol. The molecule has 6 heteroatoms. The van der Waals surface area contributed by atoms with Crippen molar-refractivity contribution >= 4 is 11.5 Å². The van der Waals surface area contributed by atoms with E-state index in [0.717, 1.165) is 42.6 Å². The lowest BCUT2D eigenvalue weighted by atomic mass is 9.88. The predicted octanol–water partition coefficient (Wildman–Crippen LogP) is 6.03. The molecule has 1 N–H and O–H groups in total. The first kappa shape index (κ1) is 25.6. The maximum atomic E-state index is 13.6. The third-order valence-corrected chi connectivity index (χ3v) is 6.47. The van der Waals surface area contributed by atoms with Crippen LogP contribution in [0, 0.1) is 5.82 Å². The number of ether oxygens (including phenoxy) is 1. The first-order valence-corrected chi connectivity index (χ1v) is 12.5. The number of rotatable bonds is 7. The van der Waals surface area contributed by atoms with Gasteiger partial charge in [0, 0.05) is 19.3 Å². The number of carbonyl (C=O) groups excluding carboxylic acids is 1. The Bertz CT molecular complexity index is 1210. The number of piperidine rings is 1. The zero-order chi connectivity index (χ0) is 25.7. The van der Waals surface area contributed by atoms with Crippen molar-refractivity contribution in [2.24, 2.45) is 0 Å². The highest BCUT2D eigenvalue weighted by Crippen LogP contribution is 2.33. The van der Waals surface area contributed by atoms with E-state index in [-0.39, 0.29) is 23.9 Å². The van der Waals surface area contributed by atoms with E-state index in [9.17, 15) is 9.18 Å². The van der Waals surface area contributed by atoms with Gasteiger partial charge in [0.25, 0.3) is 5.91 Å². The Hall–Kier alpha value is -3.51. The van der Waals surface area contributed by atoms with Crippen LogP contribution in [-0.2, 0) is 0 Å². The van der Waals surface area contributed by atoms with E-state index < -0.39 is 0 Å². The van der Waals surface area contributed by atoms with Crippen molar-refractivity contribution in [1.82, 2.24) is 15.2 Å². The van der Waals surface area contributed by atoms with Crippen LogP contribution < -0.4 is 10.1 Å². The third kappa shape index (κ3) is 6.38. The van der Waals surface area contributed by atoms with E-state index in [1.807, 2.05) is 32.9 Å². The van der Waals surface area contributed by atoms with E-state index in [4.69, 9.17) is 4.74 Å². The minimum atomic E-state index is -0.233. The molecule has 36 heavy (non-hydrogen) atoms. The van der Waals surface area contributed by atoms with Gasteiger partial charge in [0.2, 0.25) is 0 Å². The topological polar surface area (TPSA) is 54.5 Å². The molecule has 188 valence electrons. The fourth-order valence-electron chi connectivity index (χ4n) is 4.51. The van der Waals surface area contributed by atoms with Gasteiger partial charge in [-0.15, -0.1) is 0 Å². The van der Waals surface area contributed by atoms with Gasteiger partial charge in [0.15, 0.2) is 0 Å². The summed E-state index contributed by atoms with van der Waals surface area (Å²) in [7, 11) is 2.14. The number of pyridine rings is 1. The summed E-state index contributed by atoms with van der Waals surface area (Å²) in [5, 5.41) is 3.05. The molecule has 2 heterocycles. The predicted molar refractivity (Wildman–Crippen MR) is 141 cm³/mol. The van der Waals surface area contributed by atoms with Crippen molar-refractivity contribution in [3.05, 3.63) is 101 Å². The lowest BCUT2D eigenvalue weighted by Crippen LogP contribution is -2.27. The number of hydrogen-bond acceptors (Lipinski definition) is 4. The number of nitrogens with one attached hydrogen (secondary N) is 1. The van der Waals surface area contributed by atoms with Crippen molar-refractivity contribution < 1.29 is 13.9 Å². The van der Waals surface area contributed by atoms with E-state index >= 15 is 0 Å². The number of likely N-dealkylation sites (tertiary alicyclic amines) is 1. The fraction of sp³-hybridized carbons (Fsp3) is 0.333. The molecule has 0 saturated carbocycles. The van der Waals surface area contributed by atoms with Gasteiger partial charge < -0.3 is 15.0 Å². The summed E-state index contributed by atoms with van der Waals surface area (Å²) >= 11 is 0. The van der Waals surface area contributed by atoms with Crippen LogP contribution in [0.4, 0.5) is 4.39 Å². The molecular formula is C30H34FN3O2. The molecule has 5 nitrogen and oxygen atoms in total. The van der Waals surface area contributed by atoms with Gasteiger partial charge in [0.1, 0.15) is 11.6 Å². The van der Waals surface area contributed by atoms with Gasteiger partial charge in [-0.2, -0.15) is 0 Å². The number of halogens is 1. The number of carbonyl (C=O) groups is 1. The molecular weight excluding hydrogens is 453 g/mol. The molecule has 1 fully saturated rings. The average Bonchev–Trinajstić information content (AvgIpc) is 2.86. The molecule has 0 aliphatic carbocycles.